The number of amides is 7. The average Bonchev–Trinajstić information content (AvgIpc) is 0.804. The SMILES string of the molecule is CC(=O)N[C@H]1[C@H](OCCCCCCNC(=O)CCO[C@@H]2[C@H](OCCC(=O)NCCCCCCO[C@@H]3O[C@H](COC(C)=O)[C@H](OC(C)=O)[C@H](OC(C)=O)[C@H]3NC(C)=O)C=C(C(=O)N(C)CCCCCCO)C[C@H]2OCCC(=O)NCCCCCCO[C@@H]2O[C@H](COC(C)=O)[C@H](OC(C)=O)[C@H](OC(C)=O)[C@H]2NC(C)=O)O[C@H](COC(C)=O)[C@H](OC(C)=O)[C@@H]1OC(C)=O. The smallest absolute Gasteiger partial charge is 0.303 e. The number of aliphatic hydroxyl groups excluding tert-OH is 1. The minimum atomic E-state index is -1.29. The molecule has 7 amide bonds. The molecule has 0 radical (unpaired) electrons. The number of hydrogen-bond donors (Lipinski definition) is 7. The maximum Gasteiger partial charge on any atom is 0.303 e. The van der Waals surface area contributed by atoms with Crippen LogP contribution >= 0.6 is 0 Å². The second-order valence-corrected chi connectivity index (χ2v) is 30.7. The molecule has 3 fully saturated rings. The van der Waals surface area contributed by atoms with Crippen LogP contribution in [0.5, 0.6) is 0 Å². The van der Waals surface area contributed by atoms with Crippen LogP contribution in [0.1, 0.15) is 212 Å². The van der Waals surface area contributed by atoms with Crippen LogP contribution in [0.4, 0.5) is 0 Å². The molecule has 0 aromatic carbocycles. The van der Waals surface area contributed by atoms with Crippen LogP contribution < -0.4 is 31.9 Å². The largest absolute Gasteiger partial charge is 0.463 e. The van der Waals surface area contributed by atoms with Gasteiger partial charge in [0, 0.05) is 174 Å². The lowest BCUT2D eigenvalue weighted by molar-refractivity contribution is -0.277. The van der Waals surface area contributed by atoms with Crippen LogP contribution in [0.2, 0.25) is 0 Å². The first-order chi connectivity index (χ1) is 59.5. The number of rotatable bonds is 58. The third kappa shape index (κ3) is 43.3. The van der Waals surface area contributed by atoms with Crippen LogP contribution in [0, 0.1) is 0 Å². The van der Waals surface area contributed by atoms with Gasteiger partial charge in [0.15, 0.2) is 55.5 Å². The minimum absolute atomic E-state index is 0.00872. The lowest BCUT2D eigenvalue weighted by atomic mass is 9.90. The molecular formula is C83H133N7O35. The Labute approximate surface area is 728 Å². The van der Waals surface area contributed by atoms with Crippen molar-refractivity contribution in [2.75, 3.05) is 99.3 Å². The van der Waals surface area contributed by atoms with Gasteiger partial charge in [-0.3, -0.25) is 76.7 Å². The maximum atomic E-state index is 14.4. The van der Waals surface area contributed by atoms with Crippen molar-refractivity contribution < 1.29 is 167 Å². The van der Waals surface area contributed by atoms with Gasteiger partial charge in [-0.2, -0.15) is 0 Å². The molecule has 4 aliphatic rings. The summed E-state index contributed by atoms with van der Waals surface area (Å²) in [7, 11) is 1.66. The predicted octanol–water partition coefficient (Wildman–Crippen LogP) is 1.70. The Morgan fingerprint density at radius 1 is 0.352 bits per heavy atom. The van der Waals surface area contributed by atoms with Gasteiger partial charge >= 0.3 is 53.7 Å². The zero-order valence-corrected chi connectivity index (χ0v) is 74.3. The van der Waals surface area contributed by atoms with Crippen LogP contribution in [-0.4, -0.2) is 315 Å². The molecule has 7 N–H and O–H groups in total. The van der Waals surface area contributed by atoms with Gasteiger partial charge in [-0.25, -0.2) is 0 Å². The van der Waals surface area contributed by atoms with E-state index in [1.165, 1.54) is 41.5 Å². The van der Waals surface area contributed by atoms with Gasteiger partial charge in [0.2, 0.25) is 41.4 Å². The van der Waals surface area contributed by atoms with Crippen LogP contribution in [0.3, 0.4) is 0 Å². The lowest BCUT2D eigenvalue weighted by Gasteiger charge is -2.44. The van der Waals surface area contributed by atoms with Crippen molar-refractivity contribution in [1.82, 2.24) is 36.8 Å². The van der Waals surface area contributed by atoms with Crippen molar-refractivity contribution in [3.63, 3.8) is 0 Å². The summed E-state index contributed by atoms with van der Waals surface area (Å²) in [6, 6.07) is -3.40. The molecule has 3 saturated heterocycles. The topological polar surface area (TPSA) is 535 Å². The molecule has 0 saturated carbocycles. The fraction of sp³-hybridized carbons (Fsp3) is 0.783. The number of ether oxygens (including phenoxy) is 18. The van der Waals surface area contributed by atoms with Gasteiger partial charge in [-0.05, 0) is 57.4 Å². The number of hydrogen-bond acceptors (Lipinski definition) is 35. The monoisotopic (exact) mass is 1790 g/mol. The Morgan fingerprint density at radius 2 is 0.656 bits per heavy atom. The molecule has 0 bridgehead atoms. The lowest BCUT2D eigenvalue weighted by Crippen LogP contribution is -2.66. The van der Waals surface area contributed by atoms with Crippen molar-refractivity contribution in [3.05, 3.63) is 11.6 Å². The van der Waals surface area contributed by atoms with Gasteiger partial charge in [0.1, 0.15) is 68.5 Å². The number of carbonyl (C=O) groups excluding carboxylic acids is 16. The predicted molar refractivity (Wildman–Crippen MR) is 433 cm³/mol. The fourth-order valence-corrected chi connectivity index (χ4v) is 14.2. The van der Waals surface area contributed by atoms with E-state index in [2.05, 4.69) is 31.9 Å². The molecule has 4 rings (SSSR count). The quantitative estimate of drug-likeness (QED) is 0.0259. The summed E-state index contributed by atoms with van der Waals surface area (Å²) in [5.41, 5.74) is 0.318. The molecule has 0 aromatic heterocycles. The molecule has 0 unspecified atom stereocenters. The Hall–Kier alpha value is -9.14. The number of aliphatic hydroxyl groups is 1. The van der Waals surface area contributed by atoms with E-state index in [0.717, 1.165) is 54.4 Å². The van der Waals surface area contributed by atoms with Crippen molar-refractivity contribution in [2.24, 2.45) is 0 Å². The van der Waals surface area contributed by atoms with Crippen LogP contribution in [0.25, 0.3) is 0 Å². The van der Waals surface area contributed by atoms with Gasteiger partial charge in [-0.15, -0.1) is 0 Å². The van der Waals surface area contributed by atoms with E-state index in [-0.39, 0.29) is 115 Å². The second kappa shape index (κ2) is 59.8. The number of unbranched alkanes of at least 4 members (excludes halogenated alkanes) is 12. The van der Waals surface area contributed by atoms with E-state index in [0.29, 0.717) is 102 Å². The van der Waals surface area contributed by atoms with Crippen molar-refractivity contribution in [2.45, 2.75) is 322 Å². The first-order valence-electron chi connectivity index (χ1n) is 42.8. The third-order valence-corrected chi connectivity index (χ3v) is 19.7. The van der Waals surface area contributed by atoms with Crippen molar-refractivity contribution in [1.29, 1.82) is 0 Å². The molecule has 3 aliphatic heterocycles. The molecular weight excluding hydrogens is 1650 g/mol. The minimum Gasteiger partial charge on any atom is -0.463 e. The normalized spacial score (nSPS) is 24.5. The molecule has 18 atom stereocenters. The highest BCUT2D eigenvalue weighted by atomic mass is 16.7. The highest BCUT2D eigenvalue weighted by Crippen LogP contribution is 2.34. The highest BCUT2D eigenvalue weighted by molar-refractivity contribution is 5.93. The van der Waals surface area contributed by atoms with Gasteiger partial charge in [-0.1, -0.05) is 51.4 Å². The Morgan fingerprint density at radius 3 is 0.976 bits per heavy atom. The van der Waals surface area contributed by atoms with Gasteiger partial charge in [0.05, 0.1) is 25.9 Å². The number of nitrogens with zero attached hydrogens (tertiary/aromatic N) is 1. The summed E-state index contributed by atoms with van der Waals surface area (Å²) >= 11 is 0. The molecule has 125 heavy (non-hydrogen) atoms. The zero-order chi connectivity index (χ0) is 92.5. The average molecular weight is 1790 g/mol. The molecule has 0 spiro atoms. The standard InChI is InChI=1S/C83H133N7O35/c1-49(92)87-70-77(120-58(10)101)74(117-55(7)98)64(46-114-52(4)95)123-81(70)111-38-27-19-14-22-33-84-67(104)30-41-108-62-44-61(80(107)90(13)36-25-17-18-26-37-91)45-63(109-42-31-68(105)85-34-23-15-20-28-39-112-82-71(88-50(2)93)78(121-59(11)102)75(118-56(8)99)65(124-82)47-115-53(5)96)73(62)110-43-32-69(106)86-35-24-16-21-29-40-113-83-72(89-51(3)94)79(122-60(12)103)76(119-57(9)100)66(125-83)48-116-54(6)97/h44,62-66,70-79,81-83,91H,14-43,45-48H2,1-13H3,(H,84,104)(H,85,105)(H,86,106)(H,87,92)(H,88,93)(H,89,94)/t62-,63-,64-,65-,66-,70-,71-,72-,73-,74+,75+,76+,77-,78-,79-,81-,82-,83-/m1/s1. The number of esters is 9. The van der Waals surface area contributed by atoms with E-state index in [4.69, 9.17) is 85.3 Å². The fourth-order valence-electron chi connectivity index (χ4n) is 14.2. The van der Waals surface area contributed by atoms with E-state index >= 15 is 0 Å². The third-order valence-electron chi connectivity index (χ3n) is 19.7. The first kappa shape index (κ1) is 108. The van der Waals surface area contributed by atoms with E-state index in [1.807, 2.05) is 0 Å². The second-order valence-electron chi connectivity index (χ2n) is 30.7. The maximum absolute atomic E-state index is 14.4. The van der Waals surface area contributed by atoms with E-state index in [1.54, 1.807) is 18.0 Å². The molecule has 1 aliphatic carbocycles. The summed E-state index contributed by atoms with van der Waals surface area (Å²) in [5.74, 6) is -9.44. The molecule has 42 heteroatoms. The highest BCUT2D eigenvalue weighted by Gasteiger charge is 2.55. The Kier molecular flexibility index (Phi) is 51.7. The summed E-state index contributed by atoms with van der Waals surface area (Å²) in [5, 5.41) is 26.1. The van der Waals surface area contributed by atoms with Crippen LogP contribution in [-0.2, 0) is 162 Å². The summed E-state index contributed by atoms with van der Waals surface area (Å²) in [6.07, 6.45) is -6.90. The number of carbonyl (C=O) groups is 16. The Bertz CT molecular complexity index is 3480. The van der Waals surface area contributed by atoms with Crippen molar-refractivity contribution in [3.8, 4) is 0 Å². The van der Waals surface area contributed by atoms with Gasteiger partial charge < -0.3 is 127 Å². The number of nitrogens with one attached hydrogen (secondary N) is 6. The first-order valence-corrected chi connectivity index (χ1v) is 42.8. The summed E-state index contributed by atoms with van der Waals surface area (Å²) < 4.78 is 104. The number of likely N-dealkylation sites (N-methyl/N-ethyl adjacent to an activating group) is 1. The zero-order valence-electron chi connectivity index (χ0n) is 74.3. The molecule has 3 heterocycles. The van der Waals surface area contributed by atoms with E-state index < -0.39 is 202 Å². The molecule has 0 aromatic rings. The van der Waals surface area contributed by atoms with E-state index in [9.17, 15) is 81.8 Å². The van der Waals surface area contributed by atoms with Crippen molar-refractivity contribution >= 4 is 95.1 Å². The van der Waals surface area contributed by atoms with Crippen LogP contribution in [0.15, 0.2) is 11.6 Å². The summed E-state index contributed by atoms with van der Waals surface area (Å²) in [4.78, 5) is 203. The summed E-state index contributed by atoms with van der Waals surface area (Å²) in [6.45, 7) is 13.9. The van der Waals surface area contributed by atoms with Gasteiger partial charge in [0.25, 0.3) is 0 Å². The Balaban J connectivity index is 1.43. The molecule has 710 valence electrons. The molecule has 42 nitrogen and oxygen atoms in total.